The summed E-state index contributed by atoms with van der Waals surface area (Å²) in [5.74, 6) is 0. The monoisotopic (exact) mass is 662 g/mol. The Kier molecular flexibility index (Phi) is 7.18. The normalized spacial score (nSPS) is 11.5. The Morgan fingerprint density at radius 2 is 0.558 bits per heavy atom. The van der Waals surface area contributed by atoms with Gasteiger partial charge in [0, 0.05) is 34.1 Å². The summed E-state index contributed by atoms with van der Waals surface area (Å²) < 4.78 is 0. The van der Waals surface area contributed by atoms with Crippen LogP contribution in [0.25, 0.3) is 53.9 Å². The molecule has 2 nitrogen and oxygen atoms in total. The van der Waals surface area contributed by atoms with Crippen molar-refractivity contribution in [3.63, 3.8) is 0 Å². The second-order valence-corrected chi connectivity index (χ2v) is 13.4. The summed E-state index contributed by atoms with van der Waals surface area (Å²) in [6.45, 7) is 0. The van der Waals surface area contributed by atoms with E-state index in [0.29, 0.717) is 0 Å². The van der Waals surface area contributed by atoms with Gasteiger partial charge in [-0.25, -0.2) is 0 Å². The van der Waals surface area contributed by atoms with E-state index in [2.05, 4.69) is 216 Å². The van der Waals surface area contributed by atoms with Gasteiger partial charge in [-0.2, -0.15) is 0 Å². The van der Waals surface area contributed by atoms with E-state index in [9.17, 15) is 0 Å². The van der Waals surface area contributed by atoms with Gasteiger partial charge in [0.05, 0.1) is 0 Å². The zero-order valence-electron chi connectivity index (χ0n) is 28.5. The van der Waals surface area contributed by atoms with Crippen molar-refractivity contribution in [1.29, 1.82) is 0 Å². The first-order valence-electron chi connectivity index (χ1n) is 17.8. The molecule has 0 unspecified atom stereocenters. The SMILES string of the molecule is c1ccc(N(c2ccc3ccccc3c2)c2ccc3c(ccc4c5cc(N(c6ccccc6)c6ccc7ccccc7c6)ccc5ccc34)c2)cc1. The van der Waals surface area contributed by atoms with Crippen molar-refractivity contribution < 1.29 is 0 Å². The molecule has 0 atom stereocenters. The fraction of sp³-hybridized carbons (Fsp3) is 0. The van der Waals surface area contributed by atoms with Crippen LogP contribution in [0.2, 0.25) is 0 Å². The van der Waals surface area contributed by atoms with E-state index in [0.717, 1.165) is 34.1 Å². The maximum absolute atomic E-state index is 2.36. The van der Waals surface area contributed by atoms with E-state index in [-0.39, 0.29) is 0 Å². The topological polar surface area (TPSA) is 6.48 Å². The molecule has 0 saturated carbocycles. The van der Waals surface area contributed by atoms with Gasteiger partial charge >= 0.3 is 0 Å². The molecule has 0 aliphatic carbocycles. The van der Waals surface area contributed by atoms with Gasteiger partial charge in [0.15, 0.2) is 0 Å². The summed E-state index contributed by atoms with van der Waals surface area (Å²) in [5.41, 5.74) is 6.79. The molecule has 0 N–H and O–H groups in total. The number of fused-ring (bicyclic) bond motifs is 7. The second-order valence-electron chi connectivity index (χ2n) is 13.4. The molecule has 2 heteroatoms. The quantitative estimate of drug-likeness (QED) is 0.164. The highest BCUT2D eigenvalue weighted by Crippen LogP contribution is 2.42. The average molecular weight is 663 g/mol. The lowest BCUT2D eigenvalue weighted by molar-refractivity contribution is 1.29. The van der Waals surface area contributed by atoms with Gasteiger partial charge in [0.2, 0.25) is 0 Å². The summed E-state index contributed by atoms with van der Waals surface area (Å²) in [4.78, 5) is 4.72. The Morgan fingerprint density at radius 3 is 1.12 bits per heavy atom. The van der Waals surface area contributed by atoms with E-state index in [1.165, 1.54) is 53.9 Å². The van der Waals surface area contributed by atoms with Crippen LogP contribution in [0.1, 0.15) is 0 Å². The smallest absolute Gasteiger partial charge is 0.0468 e. The largest absolute Gasteiger partial charge is 0.310 e. The van der Waals surface area contributed by atoms with E-state index in [1.54, 1.807) is 0 Å². The van der Waals surface area contributed by atoms with Crippen LogP contribution in [0, 0.1) is 0 Å². The lowest BCUT2D eigenvalue weighted by atomic mass is 9.96. The Labute approximate surface area is 303 Å². The third-order valence-corrected chi connectivity index (χ3v) is 10.3. The molecule has 0 heterocycles. The summed E-state index contributed by atoms with van der Waals surface area (Å²) >= 11 is 0. The van der Waals surface area contributed by atoms with Crippen molar-refractivity contribution in [3.8, 4) is 0 Å². The Bertz CT molecular complexity index is 2910. The molecule has 0 aliphatic rings. The molecule has 244 valence electrons. The molecule has 0 amide bonds. The van der Waals surface area contributed by atoms with Gasteiger partial charge in [0.25, 0.3) is 0 Å². The molecule has 0 saturated heterocycles. The molecule has 0 aliphatic heterocycles. The standard InChI is InChI=1S/C50H34N2/c1-3-15-41(16-4-1)51(43-24-19-35-11-7-9-13-38(35)31-43)45-27-30-47-40(33-45)23-29-49-48(47)28-22-37-21-26-46(34-50(37)49)52(42-17-5-2-6-18-42)44-25-20-36-12-8-10-14-39(36)32-44/h1-34H. The first-order valence-corrected chi connectivity index (χ1v) is 17.8. The van der Waals surface area contributed by atoms with Crippen molar-refractivity contribution >= 4 is 88.0 Å². The molecule has 10 rings (SSSR count). The fourth-order valence-corrected chi connectivity index (χ4v) is 7.81. The lowest BCUT2D eigenvalue weighted by Gasteiger charge is -2.26. The number of hydrogen-bond donors (Lipinski definition) is 0. The second kappa shape index (κ2) is 12.5. The van der Waals surface area contributed by atoms with Gasteiger partial charge in [-0.1, -0.05) is 133 Å². The van der Waals surface area contributed by atoms with E-state index in [1.807, 2.05) is 0 Å². The van der Waals surface area contributed by atoms with Gasteiger partial charge in [-0.3, -0.25) is 0 Å². The van der Waals surface area contributed by atoms with Crippen LogP contribution in [0.5, 0.6) is 0 Å². The summed E-state index contributed by atoms with van der Waals surface area (Å²) in [5, 5.41) is 12.4. The van der Waals surface area contributed by atoms with Gasteiger partial charge in [-0.05, 0) is 127 Å². The van der Waals surface area contributed by atoms with Crippen molar-refractivity contribution in [2.75, 3.05) is 9.80 Å². The van der Waals surface area contributed by atoms with Crippen LogP contribution in [0.15, 0.2) is 206 Å². The summed E-state index contributed by atoms with van der Waals surface area (Å²) in [6.07, 6.45) is 0. The molecule has 10 aromatic rings. The zero-order valence-corrected chi connectivity index (χ0v) is 28.5. The molecule has 52 heavy (non-hydrogen) atoms. The molecule has 0 bridgehead atoms. The van der Waals surface area contributed by atoms with E-state index in [4.69, 9.17) is 0 Å². The maximum atomic E-state index is 2.36. The van der Waals surface area contributed by atoms with Crippen LogP contribution < -0.4 is 9.80 Å². The molecule has 10 aromatic carbocycles. The molecule has 0 radical (unpaired) electrons. The first kappa shape index (κ1) is 30.0. The predicted octanol–water partition coefficient (Wildman–Crippen LogP) is 14.4. The summed E-state index contributed by atoms with van der Waals surface area (Å²) in [6, 6.07) is 74.8. The zero-order chi connectivity index (χ0) is 34.4. The highest BCUT2D eigenvalue weighted by molar-refractivity contribution is 6.18. The average Bonchev–Trinajstić information content (AvgIpc) is 3.21. The minimum Gasteiger partial charge on any atom is -0.310 e. The van der Waals surface area contributed by atoms with Crippen LogP contribution in [0.3, 0.4) is 0 Å². The molecule has 0 spiro atoms. The predicted molar refractivity (Wildman–Crippen MR) is 223 cm³/mol. The van der Waals surface area contributed by atoms with Crippen LogP contribution in [-0.4, -0.2) is 0 Å². The van der Waals surface area contributed by atoms with Crippen molar-refractivity contribution in [3.05, 3.63) is 206 Å². The number of hydrogen-bond acceptors (Lipinski definition) is 2. The Hall–Kier alpha value is -6.90. The van der Waals surface area contributed by atoms with Gasteiger partial charge < -0.3 is 9.80 Å². The lowest BCUT2D eigenvalue weighted by Crippen LogP contribution is -2.09. The molecule has 0 fully saturated rings. The summed E-state index contributed by atoms with van der Waals surface area (Å²) in [7, 11) is 0. The minimum absolute atomic E-state index is 1.13. The highest BCUT2D eigenvalue weighted by Gasteiger charge is 2.17. The Morgan fingerprint density at radius 1 is 0.192 bits per heavy atom. The van der Waals surface area contributed by atoms with Gasteiger partial charge in [-0.15, -0.1) is 0 Å². The third-order valence-electron chi connectivity index (χ3n) is 10.3. The number of nitrogens with zero attached hydrogens (tertiary/aromatic N) is 2. The fourth-order valence-electron chi connectivity index (χ4n) is 7.81. The number of benzene rings is 10. The molecular formula is C50H34N2. The minimum atomic E-state index is 1.13. The van der Waals surface area contributed by atoms with Crippen molar-refractivity contribution in [1.82, 2.24) is 0 Å². The van der Waals surface area contributed by atoms with Crippen LogP contribution in [0.4, 0.5) is 34.1 Å². The number of anilines is 6. The van der Waals surface area contributed by atoms with Crippen molar-refractivity contribution in [2.24, 2.45) is 0 Å². The van der Waals surface area contributed by atoms with Crippen molar-refractivity contribution in [2.45, 2.75) is 0 Å². The third kappa shape index (κ3) is 5.21. The first-order chi connectivity index (χ1) is 25.8. The number of rotatable bonds is 6. The molecule has 0 aromatic heterocycles. The Balaban J connectivity index is 1.11. The van der Waals surface area contributed by atoms with Gasteiger partial charge in [0.1, 0.15) is 0 Å². The van der Waals surface area contributed by atoms with Crippen LogP contribution in [-0.2, 0) is 0 Å². The molecular weight excluding hydrogens is 629 g/mol. The van der Waals surface area contributed by atoms with E-state index >= 15 is 0 Å². The number of para-hydroxylation sites is 2. The maximum Gasteiger partial charge on any atom is 0.0468 e. The van der Waals surface area contributed by atoms with Crippen LogP contribution >= 0.6 is 0 Å². The highest BCUT2D eigenvalue weighted by atomic mass is 15.1. The van der Waals surface area contributed by atoms with E-state index < -0.39 is 0 Å².